The van der Waals surface area contributed by atoms with Gasteiger partial charge in [-0.3, -0.25) is 4.79 Å². The Morgan fingerprint density at radius 3 is 1.89 bits per heavy atom. The molecule has 0 aliphatic rings. The fourth-order valence-corrected chi connectivity index (χ4v) is 1.87. The highest BCUT2D eigenvalue weighted by Crippen LogP contribution is 2.32. The highest BCUT2D eigenvalue weighted by molar-refractivity contribution is 5.82. The van der Waals surface area contributed by atoms with Crippen molar-refractivity contribution in [1.29, 1.82) is 0 Å². The van der Waals surface area contributed by atoms with Crippen LogP contribution in [0.4, 0.5) is 22.0 Å². The third-order valence-electron chi connectivity index (χ3n) is 4.13. The zero-order valence-electron chi connectivity index (χ0n) is 15.3. The van der Waals surface area contributed by atoms with Crippen LogP contribution in [0.2, 0.25) is 0 Å². The predicted molar refractivity (Wildman–Crippen MR) is 86.3 cm³/mol. The number of halogens is 5. The zero-order valence-corrected chi connectivity index (χ0v) is 15.3. The van der Waals surface area contributed by atoms with Gasteiger partial charge in [-0.05, 0) is 51.0 Å². The summed E-state index contributed by atoms with van der Waals surface area (Å²) in [5.41, 5.74) is -2.03. The van der Waals surface area contributed by atoms with Gasteiger partial charge in [0.05, 0.1) is 11.0 Å². The lowest BCUT2D eigenvalue weighted by molar-refractivity contribution is -0.196. The molecule has 0 saturated heterocycles. The molecule has 1 aromatic rings. The number of esters is 2. The Morgan fingerprint density at radius 1 is 0.963 bits per heavy atom. The summed E-state index contributed by atoms with van der Waals surface area (Å²) in [4.78, 5) is 23.8. The van der Waals surface area contributed by atoms with Crippen LogP contribution in [0.3, 0.4) is 0 Å². The first-order chi connectivity index (χ1) is 12.3. The van der Waals surface area contributed by atoms with Crippen molar-refractivity contribution in [3.05, 3.63) is 29.8 Å². The van der Waals surface area contributed by atoms with Gasteiger partial charge >= 0.3 is 24.0 Å². The van der Waals surface area contributed by atoms with Crippen LogP contribution in [-0.2, 0) is 20.5 Å². The predicted octanol–water partition coefficient (Wildman–Crippen LogP) is 5.00. The van der Waals surface area contributed by atoms with Crippen molar-refractivity contribution in [3.63, 3.8) is 0 Å². The van der Waals surface area contributed by atoms with E-state index in [4.69, 9.17) is 4.74 Å². The Labute approximate surface area is 153 Å². The number of rotatable bonds is 7. The van der Waals surface area contributed by atoms with E-state index < -0.39 is 46.9 Å². The van der Waals surface area contributed by atoms with Gasteiger partial charge in [0, 0.05) is 0 Å². The summed E-state index contributed by atoms with van der Waals surface area (Å²) in [6.07, 6.45) is -6.69. The number of ether oxygens (including phenoxy) is 2. The first-order valence-electron chi connectivity index (χ1n) is 8.24. The molecule has 0 N–H and O–H groups in total. The lowest BCUT2D eigenvalue weighted by Crippen LogP contribution is -2.47. The van der Waals surface area contributed by atoms with Crippen LogP contribution in [0.25, 0.3) is 0 Å². The molecule has 1 aromatic carbocycles. The molecule has 152 valence electrons. The fraction of sp³-hybridized carbons (Fsp3) is 0.556. The van der Waals surface area contributed by atoms with Crippen LogP contribution in [0.1, 0.15) is 46.1 Å². The van der Waals surface area contributed by atoms with Gasteiger partial charge in [0.25, 0.3) is 0 Å². The molecule has 9 heteroatoms. The van der Waals surface area contributed by atoms with E-state index in [1.807, 2.05) is 0 Å². The largest absolute Gasteiger partial charge is 0.455 e. The van der Waals surface area contributed by atoms with Gasteiger partial charge in [0.15, 0.2) is 6.10 Å². The maximum atomic E-state index is 14.4. The summed E-state index contributed by atoms with van der Waals surface area (Å²) in [5, 5.41) is 0. The van der Waals surface area contributed by atoms with Crippen molar-refractivity contribution in [1.82, 2.24) is 0 Å². The standard InChI is InChI=1S/C18H21F5O4/c1-5-13(27-14(24)16(3,4)6-2)17(19,20)15(25)26-12-9-7-11(8-10-12)18(21,22)23/h7-10,13H,5-6H2,1-4H3. The van der Waals surface area contributed by atoms with Crippen LogP contribution in [0.5, 0.6) is 5.75 Å². The number of alkyl halides is 5. The van der Waals surface area contributed by atoms with Gasteiger partial charge in [-0.25, -0.2) is 4.79 Å². The summed E-state index contributed by atoms with van der Waals surface area (Å²) in [7, 11) is 0. The second-order valence-corrected chi connectivity index (χ2v) is 6.57. The monoisotopic (exact) mass is 396 g/mol. The van der Waals surface area contributed by atoms with Gasteiger partial charge in [0.1, 0.15) is 5.75 Å². The van der Waals surface area contributed by atoms with E-state index in [2.05, 4.69) is 4.74 Å². The van der Waals surface area contributed by atoms with E-state index in [0.29, 0.717) is 18.6 Å². The first kappa shape index (κ1) is 22.9. The van der Waals surface area contributed by atoms with E-state index in [1.165, 1.54) is 20.8 Å². The molecule has 1 atom stereocenters. The summed E-state index contributed by atoms with van der Waals surface area (Å²) in [6, 6.07) is 2.71. The number of carbonyl (C=O) groups is 2. The smallest absolute Gasteiger partial charge is 0.416 e. The van der Waals surface area contributed by atoms with Gasteiger partial charge in [-0.15, -0.1) is 0 Å². The summed E-state index contributed by atoms with van der Waals surface area (Å²) < 4.78 is 75.5. The Kier molecular flexibility index (Phi) is 6.96. The van der Waals surface area contributed by atoms with Gasteiger partial charge in [-0.1, -0.05) is 13.8 Å². The average Bonchev–Trinajstić information content (AvgIpc) is 2.58. The minimum Gasteiger partial charge on any atom is -0.455 e. The Morgan fingerprint density at radius 2 is 1.48 bits per heavy atom. The number of benzene rings is 1. The molecule has 0 spiro atoms. The lowest BCUT2D eigenvalue weighted by Gasteiger charge is -2.28. The molecular formula is C18H21F5O4. The Balaban J connectivity index is 2.91. The van der Waals surface area contributed by atoms with Crippen LogP contribution in [-0.4, -0.2) is 24.0 Å². The van der Waals surface area contributed by atoms with E-state index in [9.17, 15) is 31.5 Å². The molecule has 0 saturated carbocycles. The first-order valence-corrected chi connectivity index (χ1v) is 8.24. The zero-order chi connectivity index (χ0) is 21.0. The van der Waals surface area contributed by atoms with Crippen LogP contribution in [0, 0.1) is 5.41 Å². The van der Waals surface area contributed by atoms with E-state index in [1.54, 1.807) is 6.92 Å². The molecule has 1 rings (SSSR count). The quantitative estimate of drug-likeness (QED) is 0.370. The van der Waals surface area contributed by atoms with Crippen molar-refractivity contribution in [2.75, 3.05) is 0 Å². The Bertz CT molecular complexity index is 665. The molecule has 0 bridgehead atoms. The molecule has 0 radical (unpaired) electrons. The summed E-state index contributed by atoms with van der Waals surface area (Å²) >= 11 is 0. The second-order valence-electron chi connectivity index (χ2n) is 6.57. The maximum absolute atomic E-state index is 14.4. The van der Waals surface area contributed by atoms with Crippen molar-refractivity contribution in [2.45, 2.75) is 58.7 Å². The van der Waals surface area contributed by atoms with Gasteiger partial charge in [0.2, 0.25) is 0 Å². The minimum atomic E-state index is -4.61. The van der Waals surface area contributed by atoms with Gasteiger partial charge in [-0.2, -0.15) is 22.0 Å². The van der Waals surface area contributed by atoms with E-state index in [-0.39, 0.29) is 6.42 Å². The van der Waals surface area contributed by atoms with E-state index >= 15 is 0 Å². The molecule has 0 aliphatic carbocycles. The summed E-state index contributed by atoms with van der Waals surface area (Å²) in [6.45, 7) is 6.01. The van der Waals surface area contributed by atoms with E-state index in [0.717, 1.165) is 12.1 Å². The second kappa shape index (κ2) is 8.22. The molecule has 4 nitrogen and oxygen atoms in total. The molecule has 0 amide bonds. The SMILES string of the molecule is CCC(OC(=O)C(C)(C)CC)C(F)(F)C(=O)Oc1ccc(C(F)(F)F)cc1. The third kappa shape index (κ3) is 5.64. The molecule has 0 heterocycles. The minimum absolute atomic E-state index is 0.337. The highest BCUT2D eigenvalue weighted by atomic mass is 19.4. The third-order valence-corrected chi connectivity index (χ3v) is 4.13. The highest BCUT2D eigenvalue weighted by Gasteiger charge is 2.51. The number of hydrogen-bond acceptors (Lipinski definition) is 4. The van der Waals surface area contributed by atoms with Crippen molar-refractivity contribution in [2.24, 2.45) is 5.41 Å². The van der Waals surface area contributed by atoms with Crippen LogP contribution in [0.15, 0.2) is 24.3 Å². The molecule has 27 heavy (non-hydrogen) atoms. The molecule has 0 aliphatic heterocycles. The van der Waals surface area contributed by atoms with Crippen LogP contribution < -0.4 is 4.74 Å². The molecule has 0 fully saturated rings. The Hall–Kier alpha value is -2.19. The molecular weight excluding hydrogens is 375 g/mol. The van der Waals surface area contributed by atoms with Crippen LogP contribution >= 0.6 is 0 Å². The fourth-order valence-electron chi connectivity index (χ4n) is 1.87. The normalized spacial score (nSPS) is 13.8. The topological polar surface area (TPSA) is 52.6 Å². The van der Waals surface area contributed by atoms with Crippen molar-refractivity contribution < 1.29 is 41.0 Å². The number of carbonyl (C=O) groups excluding carboxylic acids is 2. The van der Waals surface area contributed by atoms with Crippen molar-refractivity contribution in [3.8, 4) is 5.75 Å². The molecule has 0 aromatic heterocycles. The average molecular weight is 396 g/mol. The summed E-state index contributed by atoms with van der Waals surface area (Å²) in [5.74, 6) is -7.56. The maximum Gasteiger partial charge on any atom is 0.416 e. The molecule has 1 unspecified atom stereocenters. The lowest BCUT2D eigenvalue weighted by atomic mass is 9.90. The number of hydrogen-bond donors (Lipinski definition) is 0. The van der Waals surface area contributed by atoms with Crippen molar-refractivity contribution >= 4 is 11.9 Å². The van der Waals surface area contributed by atoms with Gasteiger partial charge < -0.3 is 9.47 Å².